The van der Waals surface area contributed by atoms with Crippen LogP contribution in [0.4, 0.5) is 5.82 Å². The van der Waals surface area contributed by atoms with Crippen molar-refractivity contribution in [1.82, 2.24) is 15.2 Å². The van der Waals surface area contributed by atoms with E-state index in [9.17, 15) is 0 Å². The molecule has 102 valence electrons. The predicted molar refractivity (Wildman–Crippen MR) is 75.5 cm³/mol. The van der Waals surface area contributed by atoms with E-state index >= 15 is 0 Å². The van der Waals surface area contributed by atoms with Crippen LogP contribution < -0.4 is 10.1 Å². The van der Waals surface area contributed by atoms with E-state index in [1.165, 1.54) is 5.56 Å². The highest BCUT2D eigenvalue weighted by molar-refractivity contribution is 5.36. The monoisotopic (exact) mass is 260 g/mol. The zero-order chi connectivity index (χ0) is 13.5. The second kappa shape index (κ2) is 6.78. The lowest BCUT2D eigenvalue weighted by Crippen LogP contribution is -2.05. The third-order valence-electron chi connectivity index (χ3n) is 2.88. The number of H-pyrrole nitrogens is 1. The molecule has 0 saturated heterocycles. The lowest BCUT2D eigenvalue weighted by atomic mass is 10.1. The van der Waals surface area contributed by atoms with E-state index in [-0.39, 0.29) is 0 Å². The van der Waals surface area contributed by atoms with Crippen molar-refractivity contribution >= 4 is 5.82 Å². The lowest BCUT2D eigenvalue weighted by molar-refractivity contribution is 0.327. The number of aromatic amines is 1. The third kappa shape index (κ3) is 3.98. The summed E-state index contributed by atoms with van der Waals surface area (Å²) in [4.78, 5) is 4.36. The number of pyridine rings is 1. The Hall–Kier alpha value is -2.04. The molecule has 0 aliphatic rings. The Morgan fingerprint density at radius 2 is 2.26 bits per heavy atom. The summed E-state index contributed by atoms with van der Waals surface area (Å²) in [5, 5.41) is 10.3. The van der Waals surface area contributed by atoms with Crippen LogP contribution in [0.5, 0.6) is 5.88 Å². The normalized spacial score (nSPS) is 10.4. The number of aromatic nitrogens is 3. The second-order valence-electron chi connectivity index (χ2n) is 4.34. The van der Waals surface area contributed by atoms with Gasteiger partial charge in [0.15, 0.2) is 0 Å². The minimum Gasteiger partial charge on any atom is -0.478 e. The van der Waals surface area contributed by atoms with Gasteiger partial charge in [-0.3, -0.25) is 5.10 Å². The molecular formula is C14H20N4O. The maximum Gasteiger partial charge on any atom is 0.215 e. The number of hydrogen-bond acceptors (Lipinski definition) is 4. The molecule has 2 rings (SSSR count). The van der Waals surface area contributed by atoms with Gasteiger partial charge in [-0.15, -0.1) is 0 Å². The number of hydrogen-bond donors (Lipinski definition) is 2. The van der Waals surface area contributed by atoms with Crippen molar-refractivity contribution in [1.29, 1.82) is 0 Å². The molecule has 0 aliphatic carbocycles. The largest absolute Gasteiger partial charge is 0.478 e. The molecule has 0 atom stereocenters. The van der Waals surface area contributed by atoms with Gasteiger partial charge < -0.3 is 10.1 Å². The van der Waals surface area contributed by atoms with Crippen LogP contribution >= 0.6 is 0 Å². The Morgan fingerprint density at radius 3 is 3.00 bits per heavy atom. The first-order valence-corrected chi connectivity index (χ1v) is 6.62. The van der Waals surface area contributed by atoms with Gasteiger partial charge >= 0.3 is 0 Å². The Balaban J connectivity index is 1.76. The van der Waals surface area contributed by atoms with E-state index in [0.717, 1.165) is 30.9 Å². The molecule has 0 saturated carbocycles. The molecular weight excluding hydrogens is 240 g/mol. The second-order valence-corrected chi connectivity index (χ2v) is 4.34. The molecule has 2 aromatic heterocycles. The van der Waals surface area contributed by atoms with Gasteiger partial charge in [0, 0.05) is 18.3 Å². The summed E-state index contributed by atoms with van der Waals surface area (Å²) in [6.45, 7) is 5.52. The van der Waals surface area contributed by atoms with Crippen LogP contribution in [-0.4, -0.2) is 28.3 Å². The number of nitrogens with zero attached hydrogens (tertiary/aromatic N) is 2. The number of ether oxygens (including phenoxy) is 1. The Kier molecular flexibility index (Phi) is 4.78. The van der Waals surface area contributed by atoms with Gasteiger partial charge in [0.25, 0.3) is 0 Å². The van der Waals surface area contributed by atoms with Gasteiger partial charge in [0.1, 0.15) is 5.82 Å². The van der Waals surface area contributed by atoms with Gasteiger partial charge in [-0.2, -0.15) is 10.1 Å². The third-order valence-corrected chi connectivity index (χ3v) is 2.88. The summed E-state index contributed by atoms with van der Waals surface area (Å²) in [5.41, 5.74) is 2.43. The fraction of sp³-hybridized carbons (Fsp3) is 0.429. The summed E-state index contributed by atoms with van der Waals surface area (Å²) in [5.74, 6) is 1.52. The van der Waals surface area contributed by atoms with Crippen LogP contribution in [-0.2, 0) is 6.42 Å². The molecule has 5 heteroatoms. The highest BCUT2D eigenvalue weighted by Crippen LogP contribution is 2.12. The zero-order valence-corrected chi connectivity index (χ0v) is 11.4. The van der Waals surface area contributed by atoms with Crippen molar-refractivity contribution in [3.8, 4) is 5.88 Å². The number of aryl methyl sites for hydroxylation is 2. The molecule has 0 aromatic carbocycles. The van der Waals surface area contributed by atoms with E-state index in [4.69, 9.17) is 4.74 Å². The SMILES string of the molecule is CCOc1cccc(NCCCc2cn[nH]c2C)n1. The Labute approximate surface area is 113 Å². The molecule has 2 N–H and O–H groups in total. The molecule has 0 radical (unpaired) electrons. The molecule has 0 aliphatic heterocycles. The van der Waals surface area contributed by atoms with Crippen molar-refractivity contribution in [2.75, 3.05) is 18.5 Å². The highest BCUT2D eigenvalue weighted by atomic mass is 16.5. The summed E-state index contributed by atoms with van der Waals surface area (Å²) in [7, 11) is 0. The maximum absolute atomic E-state index is 5.36. The van der Waals surface area contributed by atoms with Crippen molar-refractivity contribution in [3.63, 3.8) is 0 Å². The van der Waals surface area contributed by atoms with Crippen molar-refractivity contribution in [2.24, 2.45) is 0 Å². The number of anilines is 1. The minimum absolute atomic E-state index is 0.635. The molecule has 0 bridgehead atoms. The van der Waals surface area contributed by atoms with Crippen LogP contribution in [0.3, 0.4) is 0 Å². The Bertz CT molecular complexity index is 510. The predicted octanol–water partition coefficient (Wildman–Crippen LogP) is 2.56. The topological polar surface area (TPSA) is 62.8 Å². The molecule has 5 nitrogen and oxygen atoms in total. The number of rotatable bonds is 7. The lowest BCUT2D eigenvalue weighted by Gasteiger charge is -2.07. The van der Waals surface area contributed by atoms with Crippen LogP contribution in [0, 0.1) is 6.92 Å². The van der Waals surface area contributed by atoms with Gasteiger partial charge in [-0.25, -0.2) is 0 Å². The van der Waals surface area contributed by atoms with Crippen molar-refractivity contribution < 1.29 is 4.74 Å². The van der Waals surface area contributed by atoms with Gasteiger partial charge in [0.05, 0.1) is 12.8 Å². The number of nitrogens with one attached hydrogen (secondary N) is 2. The first-order valence-electron chi connectivity index (χ1n) is 6.62. The molecule has 19 heavy (non-hydrogen) atoms. The molecule has 0 amide bonds. The average Bonchev–Trinajstić information content (AvgIpc) is 2.81. The van der Waals surface area contributed by atoms with E-state index in [1.807, 2.05) is 38.2 Å². The van der Waals surface area contributed by atoms with Crippen molar-refractivity contribution in [2.45, 2.75) is 26.7 Å². The summed E-state index contributed by atoms with van der Waals surface area (Å²) < 4.78 is 5.36. The van der Waals surface area contributed by atoms with Crippen molar-refractivity contribution in [3.05, 3.63) is 35.7 Å². The summed E-state index contributed by atoms with van der Waals surface area (Å²) >= 11 is 0. The maximum atomic E-state index is 5.36. The van der Waals surface area contributed by atoms with E-state index < -0.39 is 0 Å². The summed E-state index contributed by atoms with van der Waals surface area (Å²) in [6.07, 6.45) is 3.95. The quantitative estimate of drug-likeness (QED) is 0.751. The van der Waals surface area contributed by atoms with E-state index in [2.05, 4.69) is 20.5 Å². The van der Waals surface area contributed by atoms with Gasteiger partial charge in [-0.05, 0) is 38.3 Å². The Morgan fingerprint density at radius 1 is 1.37 bits per heavy atom. The smallest absolute Gasteiger partial charge is 0.215 e. The fourth-order valence-electron chi connectivity index (χ4n) is 1.86. The molecule has 0 fully saturated rings. The van der Waals surface area contributed by atoms with Gasteiger partial charge in [-0.1, -0.05) is 6.07 Å². The van der Waals surface area contributed by atoms with Gasteiger partial charge in [0.2, 0.25) is 5.88 Å². The zero-order valence-electron chi connectivity index (χ0n) is 11.4. The van der Waals surface area contributed by atoms with E-state index in [0.29, 0.717) is 12.5 Å². The molecule has 0 unspecified atom stereocenters. The first-order chi connectivity index (χ1) is 9.29. The van der Waals surface area contributed by atoms with E-state index in [1.54, 1.807) is 0 Å². The standard InChI is InChI=1S/C14H20N4O/c1-3-19-14-8-4-7-13(17-14)15-9-5-6-12-10-16-18-11(12)2/h4,7-8,10H,3,5-6,9H2,1-2H3,(H,15,17)(H,16,18). The molecule has 0 spiro atoms. The first kappa shape index (κ1) is 13.4. The molecule has 2 heterocycles. The fourth-order valence-corrected chi connectivity index (χ4v) is 1.86. The van der Waals surface area contributed by atoms with Crippen LogP contribution in [0.2, 0.25) is 0 Å². The van der Waals surface area contributed by atoms with Crippen LogP contribution in [0.1, 0.15) is 24.6 Å². The minimum atomic E-state index is 0.635. The van der Waals surface area contributed by atoms with Crippen LogP contribution in [0.25, 0.3) is 0 Å². The summed E-state index contributed by atoms with van der Waals surface area (Å²) in [6, 6.07) is 5.76. The molecule has 2 aromatic rings. The van der Waals surface area contributed by atoms with Crippen LogP contribution in [0.15, 0.2) is 24.4 Å². The highest BCUT2D eigenvalue weighted by Gasteiger charge is 2.01. The average molecular weight is 260 g/mol.